The standard InChI is InChI=1S/C10H13ClN2O2S/c11-9-2-3-10(12-8-9)13-4-1-6-16(14,15)7-5-13/h2-3,8H,1,4-7H2. The van der Waals surface area contributed by atoms with Crippen molar-refractivity contribution in [3.63, 3.8) is 0 Å². The first-order valence-electron chi connectivity index (χ1n) is 5.14. The minimum Gasteiger partial charge on any atom is -0.356 e. The van der Waals surface area contributed by atoms with Gasteiger partial charge in [-0.1, -0.05) is 11.6 Å². The van der Waals surface area contributed by atoms with Crippen LogP contribution in [0.25, 0.3) is 0 Å². The van der Waals surface area contributed by atoms with Gasteiger partial charge in [-0.05, 0) is 18.6 Å². The van der Waals surface area contributed by atoms with Crippen LogP contribution in [-0.4, -0.2) is 38.0 Å². The lowest BCUT2D eigenvalue weighted by Crippen LogP contribution is -2.27. The van der Waals surface area contributed by atoms with E-state index in [9.17, 15) is 8.42 Å². The third-order valence-corrected chi connectivity index (χ3v) is 4.53. The van der Waals surface area contributed by atoms with Crippen molar-refractivity contribution in [1.29, 1.82) is 0 Å². The Bertz CT molecular complexity index is 458. The van der Waals surface area contributed by atoms with Crippen molar-refractivity contribution in [3.8, 4) is 0 Å². The van der Waals surface area contributed by atoms with E-state index in [0.717, 1.165) is 12.4 Å². The Morgan fingerprint density at radius 3 is 2.75 bits per heavy atom. The largest absolute Gasteiger partial charge is 0.356 e. The Hall–Kier alpha value is -0.810. The van der Waals surface area contributed by atoms with Crippen LogP contribution in [0.5, 0.6) is 0 Å². The number of aromatic nitrogens is 1. The molecule has 2 heterocycles. The van der Waals surface area contributed by atoms with E-state index in [2.05, 4.69) is 4.98 Å². The van der Waals surface area contributed by atoms with Gasteiger partial charge in [0.1, 0.15) is 5.82 Å². The average Bonchev–Trinajstić information content (AvgIpc) is 2.41. The van der Waals surface area contributed by atoms with Crippen molar-refractivity contribution in [2.24, 2.45) is 0 Å². The van der Waals surface area contributed by atoms with Gasteiger partial charge in [-0.3, -0.25) is 0 Å². The lowest BCUT2D eigenvalue weighted by molar-refractivity contribution is 0.597. The molecule has 0 N–H and O–H groups in total. The highest BCUT2D eigenvalue weighted by Crippen LogP contribution is 2.16. The second-order valence-electron chi connectivity index (χ2n) is 3.83. The zero-order valence-electron chi connectivity index (χ0n) is 8.76. The minimum absolute atomic E-state index is 0.206. The molecular formula is C10H13ClN2O2S. The molecule has 1 aliphatic rings. The highest BCUT2D eigenvalue weighted by molar-refractivity contribution is 7.91. The summed E-state index contributed by atoms with van der Waals surface area (Å²) < 4.78 is 22.9. The van der Waals surface area contributed by atoms with Gasteiger partial charge < -0.3 is 4.90 Å². The molecule has 0 aliphatic carbocycles. The van der Waals surface area contributed by atoms with E-state index in [1.54, 1.807) is 12.3 Å². The Labute approximate surface area is 100 Å². The predicted octanol–water partition coefficient (Wildman–Crippen LogP) is 1.36. The van der Waals surface area contributed by atoms with Gasteiger partial charge >= 0.3 is 0 Å². The first-order chi connectivity index (χ1) is 7.57. The predicted molar refractivity (Wildman–Crippen MR) is 64.7 cm³/mol. The number of hydrogen-bond acceptors (Lipinski definition) is 4. The number of rotatable bonds is 1. The average molecular weight is 261 g/mol. The normalized spacial score (nSPS) is 20.4. The molecule has 0 unspecified atom stereocenters. The van der Waals surface area contributed by atoms with Crippen LogP contribution in [0.15, 0.2) is 18.3 Å². The summed E-state index contributed by atoms with van der Waals surface area (Å²) in [6.07, 6.45) is 2.24. The van der Waals surface area contributed by atoms with Crippen LogP contribution < -0.4 is 4.90 Å². The van der Waals surface area contributed by atoms with Crippen LogP contribution in [0.1, 0.15) is 6.42 Å². The van der Waals surface area contributed by atoms with Gasteiger partial charge in [-0.15, -0.1) is 0 Å². The maximum atomic E-state index is 11.4. The van der Waals surface area contributed by atoms with Crippen molar-refractivity contribution in [3.05, 3.63) is 23.4 Å². The van der Waals surface area contributed by atoms with Gasteiger partial charge in [0.2, 0.25) is 0 Å². The third-order valence-electron chi connectivity index (χ3n) is 2.59. The maximum Gasteiger partial charge on any atom is 0.152 e. The lowest BCUT2D eigenvalue weighted by Gasteiger charge is -2.20. The summed E-state index contributed by atoms with van der Waals surface area (Å²) in [6, 6.07) is 3.59. The van der Waals surface area contributed by atoms with Gasteiger partial charge in [-0.25, -0.2) is 13.4 Å². The molecule has 0 amide bonds. The summed E-state index contributed by atoms with van der Waals surface area (Å²) in [6.45, 7) is 1.24. The van der Waals surface area contributed by atoms with Gasteiger partial charge in [0.05, 0.1) is 16.5 Å². The smallest absolute Gasteiger partial charge is 0.152 e. The van der Waals surface area contributed by atoms with Crippen LogP contribution in [0.4, 0.5) is 5.82 Å². The van der Waals surface area contributed by atoms with Crippen LogP contribution in [0.3, 0.4) is 0 Å². The van der Waals surface area contributed by atoms with Crippen molar-refractivity contribution < 1.29 is 8.42 Å². The maximum absolute atomic E-state index is 11.4. The van der Waals surface area contributed by atoms with Crippen LogP contribution >= 0.6 is 11.6 Å². The van der Waals surface area contributed by atoms with E-state index in [-0.39, 0.29) is 11.5 Å². The molecule has 16 heavy (non-hydrogen) atoms. The number of hydrogen-bond donors (Lipinski definition) is 0. The van der Waals surface area contributed by atoms with E-state index < -0.39 is 9.84 Å². The minimum atomic E-state index is -2.86. The second-order valence-corrected chi connectivity index (χ2v) is 6.57. The topological polar surface area (TPSA) is 50.3 Å². The van der Waals surface area contributed by atoms with E-state index >= 15 is 0 Å². The molecule has 0 bridgehead atoms. The molecule has 1 aromatic heterocycles. The fraction of sp³-hybridized carbons (Fsp3) is 0.500. The lowest BCUT2D eigenvalue weighted by atomic mass is 10.3. The van der Waals surface area contributed by atoms with Gasteiger partial charge in [-0.2, -0.15) is 0 Å². The quantitative estimate of drug-likeness (QED) is 0.765. The van der Waals surface area contributed by atoms with Crippen molar-refractivity contribution >= 4 is 27.3 Å². The van der Waals surface area contributed by atoms with Crippen LogP contribution in [0.2, 0.25) is 5.02 Å². The molecule has 4 nitrogen and oxygen atoms in total. The van der Waals surface area contributed by atoms with E-state index in [1.807, 2.05) is 11.0 Å². The molecule has 0 spiro atoms. The van der Waals surface area contributed by atoms with Crippen LogP contribution in [-0.2, 0) is 9.84 Å². The van der Waals surface area contributed by atoms with Gasteiger partial charge in [0.15, 0.2) is 9.84 Å². The summed E-state index contributed by atoms with van der Waals surface area (Å²) in [5.41, 5.74) is 0. The second kappa shape index (κ2) is 4.59. The van der Waals surface area contributed by atoms with E-state index in [0.29, 0.717) is 18.0 Å². The number of nitrogens with zero attached hydrogens (tertiary/aromatic N) is 2. The number of pyridine rings is 1. The Morgan fingerprint density at radius 2 is 2.06 bits per heavy atom. The monoisotopic (exact) mass is 260 g/mol. The molecule has 88 valence electrons. The number of halogens is 1. The summed E-state index contributed by atoms with van der Waals surface area (Å²) >= 11 is 5.75. The fourth-order valence-corrected chi connectivity index (χ4v) is 3.11. The van der Waals surface area contributed by atoms with Crippen LogP contribution in [0, 0.1) is 0 Å². The molecule has 1 saturated heterocycles. The highest BCUT2D eigenvalue weighted by atomic mass is 35.5. The van der Waals surface area contributed by atoms with Crippen molar-refractivity contribution in [2.75, 3.05) is 29.5 Å². The van der Waals surface area contributed by atoms with E-state index in [4.69, 9.17) is 11.6 Å². The van der Waals surface area contributed by atoms with E-state index in [1.165, 1.54) is 0 Å². The third kappa shape index (κ3) is 2.86. The van der Waals surface area contributed by atoms with Crippen molar-refractivity contribution in [2.45, 2.75) is 6.42 Å². The van der Waals surface area contributed by atoms with Crippen molar-refractivity contribution in [1.82, 2.24) is 4.98 Å². The Kier molecular flexibility index (Phi) is 3.35. The SMILES string of the molecule is O=S1(=O)CCCN(c2ccc(Cl)cn2)CC1. The summed E-state index contributed by atoms with van der Waals surface area (Å²) in [4.78, 5) is 6.18. The summed E-state index contributed by atoms with van der Waals surface area (Å²) in [5.74, 6) is 1.27. The number of anilines is 1. The Balaban J connectivity index is 2.13. The fourth-order valence-electron chi connectivity index (χ4n) is 1.72. The molecule has 1 aromatic rings. The first-order valence-corrected chi connectivity index (χ1v) is 7.34. The summed E-state index contributed by atoms with van der Waals surface area (Å²) in [5, 5.41) is 0.589. The molecule has 6 heteroatoms. The van der Waals surface area contributed by atoms with Gasteiger partial charge in [0, 0.05) is 19.3 Å². The molecular weight excluding hydrogens is 248 g/mol. The zero-order chi connectivity index (χ0) is 11.6. The number of sulfone groups is 1. The zero-order valence-corrected chi connectivity index (χ0v) is 10.3. The molecule has 2 rings (SSSR count). The molecule has 0 saturated carbocycles. The summed E-state index contributed by atoms with van der Waals surface area (Å²) in [7, 11) is -2.86. The Morgan fingerprint density at radius 1 is 1.25 bits per heavy atom. The highest BCUT2D eigenvalue weighted by Gasteiger charge is 2.19. The molecule has 0 radical (unpaired) electrons. The molecule has 1 fully saturated rings. The molecule has 0 atom stereocenters. The molecule has 0 aromatic carbocycles. The van der Waals surface area contributed by atoms with Gasteiger partial charge in [0.25, 0.3) is 0 Å². The molecule has 1 aliphatic heterocycles. The first kappa shape index (κ1) is 11.7.